The molecule has 0 bridgehead atoms. The number of nitrogens with one attached hydrogen (secondary N) is 3. The molecule has 1 fully saturated rings. The van der Waals surface area contributed by atoms with E-state index in [9.17, 15) is 19.2 Å². The van der Waals surface area contributed by atoms with E-state index >= 15 is 0 Å². The Balaban J connectivity index is 1.66. The lowest BCUT2D eigenvalue weighted by atomic mass is 9.90. The maximum absolute atomic E-state index is 14.1. The Hall–Kier alpha value is -4.00. The van der Waals surface area contributed by atoms with Crippen molar-refractivity contribution in [3.8, 4) is 0 Å². The zero-order valence-corrected chi connectivity index (χ0v) is 35.8. The number of amides is 4. The van der Waals surface area contributed by atoms with Crippen LogP contribution in [0.5, 0.6) is 0 Å². The number of anilines is 1. The second-order valence-electron chi connectivity index (χ2n) is 16.0. The summed E-state index contributed by atoms with van der Waals surface area (Å²) in [6, 6.07) is 16.9. The lowest BCUT2D eigenvalue weighted by molar-refractivity contribution is -0.146. The first kappa shape index (κ1) is 46.4. The third kappa shape index (κ3) is 12.8. The van der Waals surface area contributed by atoms with E-state index in [0.29, 0.717) is 19.5 Å². The van der Waals surface area contributed by atoms with E-state index in [1.807, 2.05) is 100 Å². The number of hydrogen-bond donors (Lipinski definition) is 3. The number of carbonyl (C=O) groups excluding carboxylic acids is 4. The number of benzene rings is 2. The highest BCUT2D eigenvalue weighted by molar-refractivity contribution is 5.88. The second kappa shape index (κ2) is 22.7. The molecule has 8 unspecified atom stereocenters. The highest BCUT2D eigenvalue weighted by atomic mass is 16.5. The summed E-state index contributed by atoms with van der Waals surface area (Å²) in [6.45, 7) is 12.9. The SMILES string of the molecule is CCC(C)C(C(CC(=O)N1CCCC1C(OC)C(C)C(=O)NC(C)Cc1ccccc1)OC)N(C)C(=O)CNC(=O)C(C(C)C)N(C)Cc1cccc(NC)c1. The van der Waals surface area contributed by atoms with Crippen molar-refractivity contribution in [2.75, 3.05) is 53.8 Å². The molecule has 3 N–H and O–H groups in total. The van der Waals surface area contributed by atoms with Gasteiger partial charge in [0.25, 0.3) is 0 Å². The fourth-order valence-corrected chi connectivity index (χ4v) is 8.33. The molecule has 0 aliphatic carbocycles. The highest BCUT2D eigenvalue weighted by Gasteiger charge is 2.42. The molecule has 12 heteroatoms. The van der Waals surface area contributed by atoms with Crippen LogP contribution < -0.4 is 16.0 Å². The van der Waals surface area contributed by atoms with Gasteiger partial charge in [-0.1, -0.05) is 83.5 Å². The number of likely N-dealkylation sites (tertiary alicyclic amines) is 1. The van der Waals surface area contributed by atoms with Crippen molar-refractivity contribution in [3.63, 3.8) is 0 Å². The predicted octanol–water partition coefficient (Wildman–Crippen LogP) is 4.97. The molecule has 0 spiro atoms. The fourth-order valence-electron chi connectivity index (χ4n) is 8.33. The summed E-state index contributed by atoms with van der Waals surface area (Å²) in [5.41, 5.74) is 3.22. The van der Waals surface area contributed by atoms with E-state index in [-0.39, 0.29) is 60.5 Å². The molecule has 56 heavy (non-hydrogen) atoms. The Bertz CT molecular complexity index is 1540. The van der Waals surface area contributed by atoms with E-state index in [4.69, 9.17) is 9.47 Å². The van der Waals surface area contributed by atoms with Gasteiger partial charge in [-0.3, -0.25) is 24.1 Å². The van der Waals surface area contributed by atoms with Crippen LogP contribution in [0.4, 0.5) is 5.69 Å². The Kier molecular flexibility index (Phi) is 18.8. The smallest absolute Gasteiger partial charge is 0.242 e. The van der Waals surface area contributed by atoms with Crippen molar-refractivity contribution in [2.45, 2.75) is 117 Å². The van der Waals surface area contributed by atoms with Gasteiger partial charge in [0.1, 0.15) is 0 Å². The molecule has 2 aromatic rings. The van der Waals surface area contributed by atoms with Crippen LogP contribution in [0.15, 0.2) is 54.6 Å². The van der Waals surface area contributed by atoms with Crippen LogP contribution in [-0.2, 0) is 41.6 Å². The van der Waals surface area contributed by atoms with Gasteiger partial charge in [0.2, 0.25) is 23.6 Å². The van der Waals surface area contributed by atoms with Crippen LogP contribution in [0.2, 0.25) is 0 Å². The fraction of sp³-hybridized carbons (Fsp3) is 0.636. The first-order chi connectivity index (χ1) is 26.7. The van der Waals surface area contributed by atoms with Crippen LogP contribution in [0.25, 0.3) is 0 Å². The minimum Gasteiger partial charge on any atom is -0.388 e. The van der Waals surface area contributed by atoms with Gasteiger partial charge < -0.3 is 35.2 Å². The molecule has 1 heterocycles. The number of likely N-dealkylation sites (N-methyl/N-ethyl adjacent to an activating group) is 2. The molecule has 2 aromatic carbocycles. The van der Waals surface area contributed by atoms with E-state index < -0.39 is 30.2 Å². The van der Waals surface area contributed by atoms with E-state index in [2.05, 4.69) is 35.9 Å². The molecule has 312 valence electrons. The van der Waals surface area contributed by atoms with Gasteiger partial charge in [-0.15, -0.1) is 0 Å². The van der Waals surface area contributed by atoms with Crippen molar-refractivity contribution in [2.24, 2.45) is 17.8 Å². The molecule has 3 rings (SSSR count). The van der Waals surface area contributed by atoms with Crippen LogP contribution in [0.3, 0.4) is 0 Å². The number of ether oxygens (including phenoxy) is 2. The molecule has 1 aliphatic rings. The van der Waals surface area contributed by atoms with Crippen LogP contribution in [0.1, 0.15) is 78.4 Å². The average molecular weight is 779 g/mol. The number of rotatable bonds is 22. The van der Waals surface area contributed by atoms with Gasteiger partial charge in [-0.2, -0.15) is 0 Å². The third-order valence-corrected chi connectivity index (χ3v) is 11.5. The van der Waals surface area contributed by atoms with E-state index in [0.717, 1.165) is 36.1 Å². The molecule has 8 atom stereocenters. The van der Waals surface area contributed by atoms with Gasteiger partial charge in [0.15, 0.2) is 0 Å². The Labute approximate surface area is 336 Å². The van der Waals surface area contributed by atoms with Crippen molar-refractivity contribution in [1.29, 1.82) is 0 Å². The summed E-state index contributed by atoms with van der Waals surface area (Å²) in [7, 11) is 8.70. The normalized spacial score (nSPS) is 18.1. The van der Waals surface area contributed by atoms with Crippen molar-refractivity contribution >= 4 is 29.3 Å². The summed E-state index contributed by atoms with van der Waals surface area (Å²) in [5.74, 6) is -1.16. The van der Waals surface area contributed by atoms with Gasteiger partial charge in [0, 0.05) is 53.1 Å². The van der Waals surface area contributed by atoms with Gasteiger partial charge >= 0.3 is 0 Å². The first-order valence-corrected chi connectivity index (χ1v) is 20.4. The summed E-state index contributed by atoms with van der Waals surface area (Å²) in [5, 5.41) is 9.21. The van der Waals surface area contributed by atoms with Crippen molar-refractivity contribution in [3.05, 3.63) is 65.7 Å². The highest BCUT2D eigenvalue weighted by Crippen LogP contribution is 2.29. The third-order valence-electron chi connectivity index (χ3n) is 11.5. The second-order valence-corrected chi connectivity index (χ2v) is 16.0. The minimum absolute atomic E-state index is 0.00279. The van der Waals surface area contributed by atoms with Crippen molar-refractivity contribution in [1.82, 2.24) is 25.3 Å². The van der Waals surface area contributed by atoms with E-state index in [1.165, 1.54) is 0 Å². The summed E-state index contributed by atoms with van der Waals surface area (Å²) < 4.78 is 12.0. The van der Waals surface area contributed by atoms with E-state index in [1.54, 1.807) is 26.2 Å². The molecule has 4 amide bonds. The van der Waals surface area contributed by atoms with Crippen LogP contribution in [-0.4, -0.2) is 123 Å². The monoisotopic (exact) mass is 779 g/mol. The largest absolute Gasteiger partial charge is 0.388 e. The van der Waals surface area contributed by atoms with Gasteiger partial charge in [-0.05, 0) is 68.3 Å². The topological polar surface area (TPSA) is 133 Å². The quantitative estimate of drug-likeness (QED) is 0.153. The van der Waals surface area contributed by atoms with Gasteiger partial charge in [-0.25, -0.2) is 0 Å². The molecule has 0 radical (unpaired) electrons. The molecular weight excluding hydrogens is 709 g/mol. The summed E-state index contributed by atoms with van der Waals surface area (Å²) in [6.07, 6.45) is 1.97. The molecule has 1 saturated heterocycles. The first-order valence-electron chi connectivity index (χ1n) is 20.4. The number of methoxy groups -OCH3 is 2. The van der Waals surface area contributed by atoms with Crippen LogP contribution >= 0.6 is 0 Å². The van der Waals surface area contributed by atoms with Crippen LogP contribution in [0, 0.1) is 17.8 Å². The maximum Gasteiger partial charge on any atom is 0.242 e. The number of nitrogens with zero attached hydrogens (tertiary/aromatic N) is 3. The number of carbonyl (C=O) groups is 4. The zero-order chi connectivity index (χ0) is 41.5. The maximum atomic E-state index is 14.1. The lowest BCUT2D eigenvalue weighted by Gasteiger charge is -2.39. The minimum atomic E-state index is -0.591. The van der Waals surface area contributed by atoms with Gasteiger partial charge in [0.05, 0.1) is 49.2 Å². The molecule has 0 aromatic heterocycles. The summed E-state index contributed by atoms with van der Waals surface area (Å²) in [4.78, 5) is 60.4. The molecule has 0 saturated carbocycles. The lowest BCUT2D eigenvalue weighted by Crippen LogP contribution is -2.55. The Morgan fingerprint density at radius 1 is 0.911 bits per heavy atom. The number of hydrogen-bond acceptors (Lipinski definition) is 8. The molecule has 1 aliphatic heterocycles. The molecule has 12 nitrogen and oxygen atoms in total. The molecular formula is C44H70N6O6. The summed E-state index contributed by atoms with van der Waals surface area (Å²) >= 11 is 0. The zero-order valence-electron chi connectivity index (χ0n) is 35.8. The standard InChI is InChI=1S/C44H70N6O6/c1-12-30(4)41(49(9)39(52)27-46-44(54)40(29(2)3)48(8)28-34-20-16-21-35(25-34)45-7)37(55-10)26-38(51)50-23-17-22-36(50)42(56-11)32(6)43(53)47-31(5)24-33-18-14-13-15-19-33/h13-16,18-21,25,29-32,36-37,40-42,45H,12,17,22-24,26-28H2,1-11H3,(H,46,54)(H,47,53). The van der Waals surface area contributed by atoms with Crippen molar-refractivity contribution < 1.29 is 28.7 Å². The Morgan fingerprint density at radius 3 is 2.20 bits per heavy atom. The Morgan fingerprint density at radius 2 is 1.59 bits per heavy atom. The average Bonchev–Trinajstić information content (AvgIpc) is 3.66. The predicted molar refractivity (Wildman–Crippen MR) is 223 cm³/mol.